The number of thiophene rings is 1. The SMILES string of the molecule is CCOc1ccc(-c2c(C)sc3ncn(C(C)C(=O)O)c(=O)c23)cc1. The maximum atomic E-state index is 12.9. The Morgan fingerprint density at radius 2 is 2.04 bits per heavy atom. The van der Waals surface area contributed by atoms with Crippen LogP contribution in [0.4, 0.5) is 0 Å². The Hall–Kier alpha value is -2.67. The third-order valence-corrected chi connectivity index (χ3v) is 5.06. The first-order valence-electron chi connectivity index (χ1n) is 7.90. The highest BCUT2D eigenvalue weighted by Crippen LogP contribution is 2.36. The summed E-state index contributed by atoms with van der Waals surface area (Å²) < 4.78 is 6.62. The number of hydrogen-bond donors (Lipinski definition) is 1. The smallest absolute Gasteiger partial charge is 0.326 e. The van der Waals surface area contributed by atoms with Gasteiger partial charge in [-0.05, 0) is 38.5 Å². The van der Waals surface area contributed by atoms with Crippen LogP contribution >= 0.6 is 11.3 Å². The van der Waals surface area contributed by atoms with Crippen LogP contribution in [-0.2, 0) is 4.79 Å². The molecule has 0 fully saturated rings. The molecule has 2 heterocycles. The first kappa shape index (κ1) is 17.2. The summed E-state index contributed by atoms with van der Waals surface area (Å²) >= 11 is 1.43. The van der Waals surface area contributed by atoms with Gasteiger partial charge >= 0.3 is 5.97 Å². The number of fused-ring (bicyclic) bond motifs is 1. The maximum absolute atomic E-state index is 12.9. The minimum atomic E-state index is -1.07. The quantitative estimate of drug-likeness (QED) is 0.755. The van der Waals surface area contributed by atoms with E-state index < -0.39 is 12.0 Å². The number of carboxylic acid groups (broad SMARTS) is 1. The molecular weight excluding hydrogens is 340 g/mol. The largest absolute Gasteiger partial charge is 0.494 e. The third kappa shape index (κ3) is 3.02. The Morgan fingerprint density at radius 3 is 2.64 bits per heavy atom. The van der Waals surface area contributed by atoms with E-state index in [1.165, 1.54) is 24.6 Å². The van der Waals surface area contributed by atoms with Crippen LogP contribution in [0.1, 0.15) is 24.8 Å². The van der Waals surface area contributed by atoms with Gasteiger partial charge in [0.25, 0.3) is 5.56 Å². The zero-order valence-corrected chi connectivity index (χ0v) is 15.0. The molecule has 3 aromatic rings. The van der Waals surface area contributed by atoms with E-state index in [0.717, 1.165) is 26.3 Å². The number of nitrogens with zero attached hydrogens (tertiary/aromatic N) is 2. The van der Waals surface area contributed by atoms with Crippen molar-refractivity contribution >= 4 is 27.5 Å². The van der Waals surface area contributed by atoms with Gasteiger partial charge in [0.15, 0.2) is 0 Å². The van der Waals surface area contributed by atoms with Crippen molar-refractivity contribution in [1.82, 2.24) is 9.55 Å². The molecule has 7 heteroatoms. The number of aryl methyl sites for hydroxylation is 1. The number of hydrogen-bond acceptors (Lipinski definition) is 5. The molecule has 6 nitrogen and oxygen atoms in total. The number of carbonyl (C=O) groups is 1. The fraction of sp³-hybridized carbons (Fsp3) is 0.278. The number of benzene rings is 1. The van der Waals surface area contributed by atoms with Crippen molar-refractivity contribution in [1.29, 1.82) is 0 Å². The van der Waals surface area contributed by atoms with Gasteiger partial charge in [-0.15, -0.1) is 11.3 Å². The van der Waals surface area contributed by atoms with E-state index in [0.29, 0.717) is 16.8 Å². The lowest BCUT2D eigenvalue weighted by Crippen LogP contribution is -2.28. The van der Waals surface area contributed by atoms with E-state index in [9.17, 15) is 14.7 Å². The van der Waals surface area contributed by atoms with E-state index >= 15 is 0 Å². The van der Waals surface area contributed by atoms with Gasteiger partial charge in [-0.2, -0.15) is 0 Å². The molecule has 0 spiro atoms. The Balaban J connectivity index is 2.21. The Kier molecular flexibility index (Phi) is 4.59. The summed E-state index contributed by atoms with van der Waals surface area (Å²) in [7, 11) is 0. The molecule has 130 valence electrons. The molecule has 1 atom stereocenters. The second-order valence-corrected chi connectivity index (χ2v) is 6.85. The van der Waals surface area contributed by atoms with Crippen molar-refractivity contribution in [2.24, 2.45) is 0 Å². The van der Waals surface area contributed by atoms with Gasteiger partial charge in [-0.25, -0.2) is 9.78 Å². The predicted molar refractivity (Wildman–Crippen MR) is 97.6 cm³/mol. The second-order valence-electron chi connectivity index (χ2n) is 5.64. The lowest BCUT2D eigenvalue weighted by Gasteiger charge is -2.10. The molecule has 1 N–H and O–H groups in total. The van der Waals surface area contributed by atoms with Gasteiger partial charge in [-0.3, -0.25) is 9.36 Å². The van der Waals surface area contributed by atoms with Gasteiger partial charge in [0.2, 0.25) is 0 Å². The average molecular weight is 358 g/mol. The number of carboxylic acids is 1. The van der Waals surface area contributed by atoms with Crippen molar-refractivity contribution in [2.75, 3.05) is 6.61 Å². The van der Waals surface area contributed by atoms with Crippen molar-refractivity contribution in [3.8, 4) is 16.9 Å². The van der Waals surface area contributed by atoms with Crippen LogP contribution in [0.2, 0.25) is 0 Å². The normalized spacial score (nSPS) is 12.3. The van der Waals surface area contributed by atoms with Crippen molar-refractivity contribution in [3.05, 3.63) is 45.8 Å². The zero-order valence-electron chi connectivity index (χ0n) is 14.1. The molecule has 1 unspecified atom stereocenters. The lowest BCUT2D eigenvalue weighted by molar-refractivity contribution is -0.140. The summed E-state index contributed by atoms with van der Waals surface area (Å²) in [5, 5.41) is 9.67. The van der Waals surface area contributed by atoms with E-state index in [-0.39, 0.29) is 5.56 Å². The van der Waals surface area contributed by atoms with Gasteiger partial charge in [0.05, 0.1) is 18.3 Å². The molecule has 1 aromatic carbocycles. The Labute approximate surface area is 148 Å². The molecule has 0 radical (unpaired) electrons. The molecule has 0 aliphatic heterocycles. The second kappa shape index (κ2) is 6.68. The number of aromatic nitrogens is 2. The molecule has 25 heavy (non-hydrogen) atoms. The van der Waals surface area contributed by atoms with E-state index in [1.807, 2.05) is 38.1 Å². The summed E-state index contributed by atoms with van der Waals surface area (Å²) in [6.45, 7) is 5.90. The van der Waals surface area contributed by atoms with Crippen LogP contribution in [0.3, 0.4) is 0 Å². The van der Waals surface area contributed by atoms with Crippen molar-refractivity contribution in [2.45, 2.75) is 26.8 Å². The van der Waals surface area contributed by atoms with Crippen molar-refractivity contribution in [3.63, 3.8) is 0 Å². The van der Waals surface area contributed by atoms with Crippen molar-refractivity contribution < 1.29 is 14.6 Å². The highest BCUT2D eigenvalue weighted by atomic mass is 32.1. The van der Waals surface area contributed by atoms with Crippen LogP contribution in [-0.4, -0.2) is 27.2 Å². The molecule has 0 bridgehead atoms. The lowest BCUT2D eigenvalue weighted by atomic mass is 10.0. The molecule has 0 saturated heterocycles. The van der Waals surface area contributed by atoms with Gasteiger partial charge in [0, 0.05) is 10.4 Å². The summed E-state index contributed by atoms with van der Waals surface area (Å²) in [5.74, 6) is -0.309. The zero-order chi connectivity index (χ0) is 18.1. The molecule has 0 amide bonds. The summed E-state index contributed by atoms with van der Waals surface area (Å²) in [6.07, 6.45) is 1.31. The average Bonchev–Trinajstić information content (AvgIpc) is 2.92. The van der Waals surface area contributed by atoms with Crippen LogP contribution in [0.15, 0.2) is 35.4 Å². The van der Waals surface area contributed by atoms with Gasteiger partial charge in [0.1, 0.15) is 16.6 Å². The van der Waals surface area contributed by atoms with E-state index in [4.69, 9.17) is 4.74 Å². The summed E-state index contributed by atoms with van der Waals surface area (Å²) in [4.78, 5) is 30.0. The standard InChI is InChI=1S/C18H18N2O4S/c1-4-24-13-7-5-12(6-8-13)14-11(3)25-16-15(14)17(21)20(9-19-16)10(2)18(22)23/h5-10H,4H2,1-3H3,(H,22,23). The molecule has 0 saturated carbocycles. The first-order valence-corrected chi connectivity index (χ1v) is 8.72. The number of ether oxygens (including phenoxy) is 1. The van der Waals surface area contributed by atoms with E-state index in [1.54, 1.807) is 0 Å². The molecular formula is C18H18N2O4S. The fourth-order valence-electron chi connectivity index (χ4n) is 2.74. The maximum Gasteiger partial charge on any atom is 0.326 e. The third-order valence-electron chi connectivity index (χ3n) is 4.04. The molecule has 2 aromatic heterocycles. The van der Waals surface area contributed by atoms with Gasteiger partial charge < -0.3 is 9.84 Å². The summed E-state index contributed by atoms with van der Waals surface area (Å²) in [6, 6.07) is 6.54. The number of aliphatic carboxylic acids is 1. The first-order chi connectivity index (χ1) is 11.9. The highest BCUT2D eigenvalue weighted by Gasteiger charge is 2.21. The summed E-state index contributed by atoms with van der Waals surface area (Å²) in [5.41, 5.74) is 1.34. The fourth-order valence-corrected chi connectivity index (χ4v) is 3.75. The van der Waals surface area contributed by atoms with E-state index in [2.05, 4.69) is 4.98 Å². The van der Waals surface area contributed by atoms with Crippen LogP contribution < -0.4 is 10.3 Å². The van der Waals surface area contributed by atoms with Gasteiger partial charge in [-0.1, -0.05) is 12.1 Å². The number of rotatable bonds is 5. The Bertz CT molecular complexity index is 989. The molecule has 0 aliphatic rings. The highest BCUT2D eigenvalue weighted by molar-refractivity contribution is 7.19. The molecule has 3 rings (SSSR count). The topological polar surface area (TPSA) is 81.4 Å². The predicted octanol–water partition coefficient (Wildman–Crippen LogP) is 3.48. The van der Waals surface area contributed by atoms with Crippen LogP contribution in [0, 0.1) is 6.92 Å². The Morgan fingerprint density at radius 1 is 1.36 bits per heavy atom. The van der Waals surface area contributed by atoms with Crippen LogP contribution in [0.25, 0.3) is 21.3 Å². The monoisotopic (exact) mass is 358 g/mol. The minimum absolute atomic E-state index is 0.340. The molecule has 0 aliphatic carbocycles. The van der Waals surface area contributed by atoms with Crippen LogP contribution in [0.5, 0.6) is 5.75 Å². The minimum Gasteiger partial charge on any atom is -0.494 e.